The van der Waals surface area contributed by atoms with Crippen molar-refractivity contribution in [2.45, 2.75) is 31.0 Å². The van der Waals surface area contributed by atoms with Gasteiger partial charge in [-0.15, -0.1) is 0 Å². The second kappa shape index (κ2) is 7.72. The monoisotopic (exact) mass is 379 g/mol. The molecule has 7 heteroatoms. The molecule has 2 aromatic rings. The van der Waals surface area contributed by atoms with Gasteiger partial charge in [-0.1, -0.05) is 48.5 Å². The third kappa shape index (κ3) is 3.83. The maximum Gasteiger partial charge on any atom is 0.412 e. The maximum atomic E-state index is 12.8. The first-order valence-corrected chi connectivity index (χ1v) is 9.28. The molecule has 28 heavy (non-hydrogen) atoms. The topological polar surface area (TPSA) is 87.7 Å². The molecule has 2 saturated heterocycles. The van der Waals surface area contributed by atoms with Crippen LogP contribution in [0.5, 0.6) is 5.75 Å². The van der Waals surface area contributed by atoms with Crippen LogP contribution < -0.4 is 15.4 Å². The van der Waals surface area contributed by atoms with Crippen molar-refractivity contribution in [2.24, 2.45) is 0 Å². The van der Waals surface area contributed by atoms with E-state index in [9.17, 15) is 14.4 Å². The summed E-state index contributed by atoms with van der Waals surface area (Å²) in [4.78, 5) is 39.0. The Labute approximate surface area is 162 Å². The zero-order chi connectivity index (χ0) is 19.5. The van der Waals surface area contributed by atoms with E-state index in [1.807, 2.05) is 36.4 Å². The Balaban J connectivity index is 1.38. The van der Waals surface area contributed by atoms with Crippen molar-refractivity contribution in [3.8, 4) is 5.75 Å². The number of fused-ring (bicyclic) bond motifs is 1. The second-order valence-electron chi connectivity index (χ2n) is 7.04. The fourth-order valence-corrected chi connectivity index (χ4v) is 3.74. The number of benzene rings is 2. The number of para-hydroxylation sites is 1. The average Bonchev–Trinajstić information content (AvgIpc) is 3.12. The molecule has 0 radical (unpaired) electrons. The van der Waals surface area contributed by atoms with Crippen molar-refractivity contribution < 1.29 is 19.1 Å². The lowest BCUT2D eigenvalue weighted by molar-refractivity contribution is -0.147. The fraction of sp³-hybridized carbons (Fsp3) is 0.286. The van der Waals surface area contributed by atoms with Crippen LogP contribution in [0.2, 0.25) is 0 Å². The summed E-state index contributed by atoms with van der Waals surface area (Å²) in [6, 6.07) is 16.9. The first kappa shape index (κ1) is 18.0. The van der Waals surface area contributed by atoms with Gasteiger partial charge >= 0.3 is 6.09 Å². The number of hydrogen-bond donors (Lipinski definition) is 2. The Kier molecular flexibility index (Phi) is 4.97. The minimum atomic E-state index is -0.593. The van der Waals surface area contributed by atoms with E-state index < -0.39 is 18.2 Å². The van der Waals surface area contributed by atoms with E-state index in [4.69, 9.17) is 4.74 Å². The van der Waals surface area contributed by atoms with Gasteiger partial charge in [0.15, 0.2) is 0 Å². The SMILES string of the molecule is O=C(N[C@H]1C[C@H]2C(=O)N[C@H](Cc3ccccc3)C(=O)N2C1)Oc1ccccc1. The van der Waals surface area contributed by atoms with Gasteiger partial charge in [0.25, 0.3) is 0 Å². The minimum Gasteiger partial charge on any atom is -0.410 e. The van der Waals surface area contributed by atoms with E-state index in [0.717, 1.165) is 5.56 Å². The molecule has 4 rings (SSSR count). The van der Waals surface area contributed by atoms with Gasteiger partial charge in [-0.3, -0.25) is 9.59 Å². The van der Waals surface area contributed by atoms with Gasteiger partial charge in [0, 0.05) is 13.0 Å². The van der Waals surface area contributed by atoms with Gasteiger partial charge in [-0.25, -0.2) is 4.79 Å². The number of hydrogen-bond acceptors (Lipinski definition) is 4. The number of carbonyl (C=O) groups is 3. The molecule has 0 spiro atoms. The molecule has 7 nitrogen and oxygen atoms in total. The molecule has 2 fully saturated rings. The normalized spacial score (nSPS) is 23.7. The molecule has 0 unspecified atom stereocenters. The van der Waals surface area contributed by atoms with Crippen LogP contribution in [0.4, 0.5) is 4.79 Å². The minimum absolute atomic E-state index is 0.117. The highest BCUT2D eigenvalue weighted by Gasteiger charge is 2.46. The third-order valence-corrected chi connectivity index (χ3v) is 5.06. The number of nitrogens with zero attached hydrogens (tertiary/aromatic N) is 1. The fourth-order valence-electron chi connectivity index (χ4n) is 3.74. The van der Waals surface area contributed by atoms with Crippen LogP contribution in [0, 0.1) is 0 Å². The van der Waals surface area contributed by atoms with Gasteiger partial charge in [-0.2, -0.15) is 0 Å². The first-order valence-electron chi connectivity index (χ1n) is 9.28. The van der Waals surface area contributed by atoms with Crippen molar-refractivity contribution >= 4 is 17.9 Å². The number of piperazine rings is 1. The second-order valence-corrected chi connectivity index (χ2v) is 7.04. The van der Waals surface area contributed by atoms with Crippen molar-refractivity contribution in [1.29, 1.82) is 0 Å². The first-order chi connectivity index (χ1) is 13.6. The molecular weight excluding hydrogens is 358 g/mol. The lowest BCUT2D eigenvalue weighted by atomic mass is 10.0. The highest BCUT2D eigenvalue weighted by molar-refractivity contribution is 5.97. The highest BCUT2D eigenvalue weighted by atomic mass is 16.6. The van der Waals surface area contributed by atoms with Gasteiger partial charge in [0.2, 0.25) is 11.8 Å². The molecule has 2 N–H and O–H groups in total. The van der Waals surface area contributed by atoms with Crippen LogP contribution in [0.15, 0.2) is 60.7 Å². The maximum absolute atomic E-state index is 12.8. The van der Waals surface area contributed by atoms with E-state index in [1.54, 1.807) is 29.2 Å². The van der Waals surface area contributed by atoms with E-state index in [1.165, 1.54) is 0 Å². The summed E-state index contributed by atoms with van der Waals surface area (Å²) in [6.45, 7) is 0.298. The smallest absolute Gasteiger partial charge is 0.410 e. The molecule has 3 amide bonds. The highest BCUT2D eigenvalue weighted by Crippen LogP contribution is 2.24. The standard InChI is InChI=1S/C21H21N3O4/c25-19-18-12-15(22-21(27)28-16-9-5-2-6-10-16)13-24(18)20(26)17(23-19)11-14-7-3-1-4-8-14/h1-10,15,17-18H,11-13H2,(H,22,27)(H,23,25)/t15-,17+,18-/m0/s1. The van der Waals surface area contributed by atoms with E-state index in [0.29, 0.717) is 25.1 Å². The Bertz CT molecular complexity index is 872. The molecule has 3 atom stereocenters. The molecule has 2 aromatic carbocycles. The van der Waals surface area contributed by atoms with Crippen molar-refractivity contribution in [3.63, 3.8) is 0 Å². The summed E-state index contributed by atoms with van der Waals surface area (Å²) in [5.41, 5.74) is 0.986. The Morgan fingerprint density at radius 3 is 2.46 bits per heavy atom. The molecule has 2 aliphatic heterocycles. The molecule has 2 aliphatic rings. The number of amides is 3. The molecule has 0 saturated carbocycles. The van der Waals surface area contributed by atoms with Gasteiger partial charge in [0.1, 0.15) is 17.8 Å². The largest absolute Gasteiger partial charge is 0.412 e. The summed E-state index contributed by atoms with van der Waals surface area (Å²) in [5, 5.41) is 5.58. The quantitative estimate of drug-likeness (QED) is 0.843. The van der Waals surface area contributed by atoms with Crippen LogP contribution in [-0.4, -0.2) is 47.5 Å². The van der Waals surface area contributed by atoms with Crippen LogP contribution in [0.3, 0.4) is 0 Å². The lowest BCUT2D eigenvalue weighted by Gasteiger charge is -2.34. The number of rotatable bonds is 4. The number of ether oxygens (including phenoxy) is 1. The number of carbonyl (C=O) groups excluding carboxylic acids is 3. The van der Waals surface area contributed by atoms with Crippen LogP contribution in [0.25, 0.3) is 0 Å². The predicted octanol–water partition coefficient (Wildman–Crippen LogP) is 1.49. The summed E-state index contributed by atoms with van der Waals surface area (Å²) < 4.78 is 5.23. The molecule has 0 aliphatic carbocycles. The molecule has 2 heterocycles. The lowest BCUT2D eigenvalue weighted by Crippen LogP contribution is -2.61. The van der Waals surface area contributed by atoms with Crippen molar-refractivity contribution in [2.75, 3.05) is 6.54 Å². The van der Waals surface area contributed by atoms with Gasteiger partial charge < -0.3 is 20.3 Å². The van der Waals surface area contributed by atoms with Crippen LogP contribution in [0.1, 0.15) is 12.0 Å². The zero-order valence-corrected chi connectivity index (χ0v) is 15.2. The predicted molar refractivity (Wildman–Crippen MR) is 102 cm³/mol. The summed E-state index contributed by atoms with van der Waals surface area (Å²) >= 11 is 0. The zero-order valence-electron chi connectivity index (χ0n) is 15.2. The van der Waals surface area contributed by atoms with E-state index in [-0.39, 0.29) is 17.9 Å². The molecule has 144 valence electrons. The third-order valence-electron chi connectivity index (χ3n) is 5.06. The average molecular weight is 379 g/mol. The van der Waals surface area contributed by atoms with Gasteiger partial charge in [-0.05, 0) is 24.1 Å². The number of nitrogens with one attached hydrogen (secondary N) is 2. The molecular formula is C21H21N3O4. The van der Waals surface area contributed by atoms with Crippen molar-refractivity contribution in [1.82, 2.24) is 15.5 Å². The Morgan fingerprint density at radius 1 is 1.07 bits per heavy atom. The van der Waals surface area contributed by atoms with Crippen LogP contribution in [-0.2, 0) is 16.0 Å². The summed E-state index contributed by atoms with van der Waals surface area (Å²) in [7, 11) is 0. The van der Waals surface area contributed by atoms with Gasteiger partial charge in [0.05, 0.1) is 6.04 Å². The van der Waals surface area contributed by atoms with Crippen LogP contribution >= 0.6 is 0 Å². The van der Waals surface area contributed by atoms with E-state index >= 15 is 0 Å². The molecule has 0 bridgehead atoms. The van der Waals surface area contributed by atoms with E-state index in [2.05, 4.69) is 10.6 Å². The summed E-state index contributed by atoms with van der Waals surface area (Å²) in [6.07, 6.45) is 0.229. The Morgan fingerprint density at radius 2 is 1.75 bits per heavy atom. The Hall–Kier alpha value is -3.35. The molecule has 0 aromatic heterocycles. The summed E-state index contributed by atoms with van der Waals surface area (Å²) in [5.74, 6) is 0.142. The van der Waals surface area contributed by atoms with Crippen molar-refractivity contribution in [3.05, 3.63) is 66.2 Å².